The van der Waals surface area contributed by atoms with E-state index < -0.39 is 17.8 Å². The third-order valence-electron chi connectivity index (χ3n) is 7.27. The van der Waals surface area contributed by atoms with E-state index in [1.165, 1.54) is 42.7 Å². The predicted molar refractivity (Wildman–Crippen MR) is 155 cm³/mol. The molecule has 11 nitrogen and oxygen atoms in total. The van der Waals surface area contributed by atoms with Crippen molar-refractivity contribution in [3.05, 3.63) is 76.1 Å². The predicted octanol–water partition coefficient (Wildman–Crippen LogP) is 4.37. The number of H-pyrrole nitrogens is 2. The van der Waals surface area contributed by atoms with Gasteiger partial charge < -0.3 is 27.1 Å². The van der Waals surface area contributed by atoms with Crippen LogP contribution in [-0.2, 0) is 12.6 Å². The van der Waals surface area contributed by atoms with Gasteiger partial charge in [0.15, 0.2) is 11.5 Å². The van der Waals surface area contributed by atoms with Crippen molar-refractivity contribution in [1.29, 1.82) is 0 Å². The molecule has 0 bridgehead atoms. The molecule has 1 saturated carbocycles. The molecular weight excluding hydrogens is 610 g/mol. The molecule has 1 aliphatic rings. The fraction of sp³-hybridized carbons (Fsp3) is 0.296. The van der Waals surface area contributed by atoms with E-state index in [0.29, 0.717) is 31.0 Å². The Kier molecular flexibility index (Phi) is 8.36. The van der Waals surface area contributed by atoms with Gasteiger partial charge in [-0.15, -0.1) is 11.6 Å². The minimum atomic E-state index is -4.74. The molecule has 3 aromatic heterocycles. The first-order valence-electron chi connectivity index (χ1n) is 13.0. The number of amides is 2. The third kappa shape index (κ3) is 6.45. The molecule has 4 aromatic rings. The van der Waals surface area contributed by atoms with E-state index in [1.807, 2.05) is 0 Å². The summed E-state index contributed by atoms with van der Waals surface area (Å²) in [6.07, 6.45) is -1.09. The normalized spacial score (nSPS) is 18.2. The maximum atomic E-state index is 13.7. The number of nitrogens with one attached hydrogen (secondary N) is 4. The summed E-state index contributed by atoms with van der Waals surface area (Å²) in [5.74, 6) is -0.765. The lowest BCUT2D eigenvalue weighted by atomic mass is 9.66. The van der Waals surface area contributed by atoms with Crippen LogP contribution in [-0.4, -0.2) is 55.4 Å². The second kappa shape index (κ2) is 11.9. The topological polar surface area (TPSA) is 180 Å². The number of imidazole rings is 1. The largest absolute Gasteiger partial charge is 0.435 e. The lowest BCUT2D eigenvalue weighted by Crippen LogP contribution is -2.54. The van der Waals surface area contributed by atoms with Crippen LogP contribution in [0.15, 0.2) is 42.7 Å². The summed E-state index contributed by atoms with van der Waals surface area (Å²) in [7, 11) is 0. The monoisotopic (exact) mass is 635 g/mol. The van der Waals surface area contributed by atoms with Crippen LogP contribution in [0.5, 0.6) is 0 Å². The highest BCUT2D eigenvalue weighted by atomic mass is 35.5. The second-order valence-corrected chi connectivity index (χ2v) is 11.1. The van der Waals surface area contributed by atoms with Gasteiger partial charge >= 0.3 is 6.18 Å². The van der Waals surface area contributed by atoms with Crippen molar-refractivity contribution in [3.63, 3.8) is 0 Å². The van der Waals surface area contributed by atoms with Crippen molar-refractivity contribution in [2.24, 2.45) is 11.1 Å². The Morgan fingerprint density at radius 1 is 1.12 bits per heavy atom. The number of hydrogen-bond acceptors (Lipinski definition) is 7. The number of pyridine rings is 1. The van der Waals surface area contributed by atoms with Gasteiger partial charge in [-0.2, -0.15) is 18.3 Å². The Balaban J connectivity index is 1.26. The van der Waals surface area contributed by atoms with Crippen LogP contribution in [0, 0.1) is 5.41 Å². The zero-order chi connectivity index (χ0) is 30.9. The minimum Gasteiger partial charge on any atom is -0.397 e. The number of nitrogens with two attached hydrogens (primary N) is 2. The summed E-state index contributed by atoms with van der Waals surface area (Å²) in [5.41, 5.74) is 11.3. The van der Waals surface area contributed by atoms with Crippen LogP contribution >= 0.6 is 23.2 Å². The minimum absolute atomic E-state index is 0.0572. The van der Waals surface area contributed by atoms with E-state index >= 15 is 0 Å². The first-order valence-corrected chi connectivity index (χ1v) is 13.9. The molecule has 0 aliphatic heterocycles. The number of alkyl halides is 4. The summed E-state index contributed by atoms with van der Waals surface area (Å²) in [6, 6.07) is 7.30. The number of hydrogen-bond donors (Lipinski definition) is 6. The van der Waals surface area contributed by atoms with E-state index in [0.717, 1.165) is 0 Å². The summed E-state index contributed by atoms with van der Waals surface area (Å²) in [6.45, 7) is 0.440. The van der Waals surface area contributed by atoms with Gasteiger partial charge in [0.05, 0.1) is 33.9 Å². The van der Waals surface area contributed by atoms with E-state index in [1.54, 1.807) is 0 Å². The first-order chi connectivity index (χ1) is 20.4. The maximum Gasteiger partial charge on any atom is 0.435 e. The Labute approximate surface area is 252 Å². The van der Waals surface area contributed by atoms with Crippen LogP contribution in [0.2, 0.25) is 5.02 Å². The molecule has 3 heterocycles. The number of carbonyl (C=O) groups is 2. The van der Waals surface area contributed by atoms with E-state index in [4.69, 9.17) is 34.7 Å². The van der Waals surface area contributed by atoms with Crippen molar-refractivity contribution < 1.29 is 22.8 Å². The number of nitrogens with zero attached hydrogens (tertiary/aromatic N) is 3. The molecule has 1 aromatic carbocycles. The van der Waals surface area contributed by atoms with Crippen LogP contribution in [0.1, 0.15) is 50.8 Å². The van der Waals surface area contributed by atoms with Crippen molar-refractivity contribution >= 4 is 46.4 Å². The molecule has 1 fully saturated rings. The van der Waals surface area contributed by atoms with Crippen molar-refractivity contribution in [1.82, 2.24) is 30.5 Å². The molecule has 8 N–H and O–H groups in total. The van der Waals surface area contributed by atoms with Gasteiger partial charge in [-0.25, -0.2) is 4.98 Å². The Morgan fingerprint density at radius 3 is 2.51 bits per heavy atom. The molecule has 2 amide bonds. The maximum absolute atomic E-state index is 13.7. The quantitative estimate of drug-likeness (QED) is 0.148. The fourth-order valence-electron chi connectivity index (χ4n) is 4.94. The van der Waals surface area contributed by atoms with Crippen LogP contribution < -0.4 is 22.1 Å². The molecule has 0 atom stereocenters. The number of nitrogen functional groups attached to an aromatic ring is 1. The van der Waals surface area contributed by atoms with Gasteiger partial charge in [-0.1, -0.05) is 11.6 Å². The smallest absolute Gasteiger partial charge is 0.397 e. The van der Waals surface area contributed by atoms with E-state index in [2.05, 4.69) is 35.8 Å². The number of carbonyl (C=O) groups excluding carboxylic acids is 2. The van der Waals surface area contributed by atoms with Gasteiger partial charge in [0.2, 0.25) is 0 Å². The molecule has 16 heteroatoms. The van der Waals surface area contributed by atoms with Gasteiger partial charge in [0, 0.05) is 41.5 Å². The zero-order valence-corrected chi connectivity index (χ0v) is 23.9. The number of aromatic nitrogens is 5. The van der Waals surface area contributed by atoms with Gasteiger partial charge in [-0.3, -0.25) is 19.7 Å². The Morgan fingerprint density at radius 2 is 1.88 bits per heavy atom. The van der Waals surface area contributed by atoms with E-state index in [9.17, 15) is 22.8 Å². The summed E-state index contributed by atoms with van der Waals surface area (Å²) >= 11 is 12.3. The van der Waals surface area contributed by atoms with Crippen molar-refractivity contribution in [2.75, 3.05) is 23.5 Å². The number of aromatic amines is 2. The average Bonchev–Trinajstić information content (AvgIpc) is 3.59. The van der Waals surface area contributed by atoms with Crippen molar-refractivity contribution in [2.45, 2.75) is 31.5 Å². The first kappa shape index (κ1) is 30.3. The van der Waals surface area contributed by atoms with Gasteiger partial charge in [0.25, 0.3) is 11.8 Å². The molecule has 0 spiro atoms. The third-order valence-corrected chi connectivity index (χ3v) is 8.15. The number of rotatable bonds is 9. The molecule has 0 unspecified atom stereocenters. The lowest BCUT2D eigenvalue weighted by Gasteiger charge is -2.46. The second-order valence-electron chi connectivity index (χ2n) is 10.4. The van der Waals surface area contributed by atoms with Crippen LogP contribution in [0.25, 0.3) is 11.4 Å². The lowest BCUT2D eigenvalue weighted by molar-refractivity contribution is -0.141. The molecule has 226 valence electrons. The molecule has 0 radical (unpaired) electrons. The number of anilines is 2. The summed E-state index contributed by atoms with van der Waals surface area (Å²) in [4.78, 5) is 36.4. The highest BCUT2D eigenvalue weighted by Crippen LogP contribution is 2.41. The average molecular weight is 636 g/mol. The SMILES string of the molecule is NCC1(CCl)CC(NC(=O)c2ccc(NC(=O)c3ncc(Cc4c(C(F)(F)F)n[nH]c4-c4ccc(N)cn4)[nH]3)cc2Cl)C1. The highest BCUT2D eigenvalue weighted by Gasteiger charge is 2.43. The highest BCUT2D eigenvalue weighted by molar-refractivity contribution is 6.34. The summed E-state index contributed by atoms with van der Waals surface area (Å²) < 4.78 is 41.1. The van der Waals surface area contributed by atoms with Crippen LogP contribution in [0.4, 0.5) is 24.5 Å². The van der Waals surface area contributed by atoms with Crippen molar-refractivity contribution in [3.8, 4) is 11.4 Å². The summed E-state index contributed by atoms with van der Waals surface area (Å²) in [5, 5.41) is 11.5. The Hall–Kier alpha value is -4.14. The van der Waals surface area contributed by atoms with E-state index in [-0.39, 0.29) is 68.5 Å². The fourth-order valence-corrected chi connectivity index (χ4v) is 5.53. The zero-order valence-electron chi connectivity index (χ0n) is 22.4. The molecular formula is C27H26Cl2F3N9O2. The molecule has 1 aliphatic carbocycles. The van der Waals surface area contributed by atoms with Gasteiger partial charge in [-0.05, 0) is 55.1 Å². The Bertz CT molecular complexity index is 1640. The number of benzene rings is 1. The number of halogens is 5. The molecule has 43 heavy (non-hydrogen) atoms. The van der Waals surface area contributed by atoms with Gasteiger partial charge in [0.1, 0.15) is 0 Å². The molecule has 5 rings (SSSR count). The van der Waals surface area contributed by atoms with Crippen LogP contribution in [0.3, 0.4) is 0 Å². The molecule has 0 saturated heterocycles. The standard InChI is InChI=1S/C27H26Cl2F3N9O2/c28-11-26(12-33)7-16(8-26)39-24(42)17-3-2-14(6-19(17)29)38-25(43)23-36-10-15(37-23)5-18-21(20-4-1-13(34)9-35-20)40-41-22(18)27(30,31)32/h1-4,6,9-10,16H,5,7-8,11-12,33-34H2,(H,36,37)(H,38,43)(H,39,42)(H,40,41).